The van der Waals surface area contributed by atoms with E-state index >= 15 is 0 Å². The smallest absolute Gasteiger partial charge is 0.483 e. The fraction of sp³-hybridized carbons (Fsp3) is 0.357. The minimum Gasteiger partial charge on any atom is -0.483 e. The lowest BCUT2D eigenvalue weighted by Gasteiger charge is -2.40. The first kappa shape index (κ1) is 24.3. The predicted molar refractivity (Wildman–Crippen MR) is 135 cm³/mol. The average Bonchev–Trinajstić information content (AvgIpc) is 2.84. The van der Waals surface area contributed by atoms with Gasteiger partial charge in [0.2, 0.25) is 0 Å². The van der Waals surface area contributed by atoms with Crippen LogP contribution in [-0.2, 0) is 9.47 Å². The molecular formula is C28H34O5Si. The van der Waals surface area contributed by atoms with E-state index in [9.17, 15) is 0 Å². The molecule has 1 heterocycles. The highest BCUT2D eigenvalue weighted by atomic mass is 28.4. The highest BCUT2D eigenvalue weighted by Crippen LogP contribution is 2.35. The summed E-state index contributed by atoms with van der Waals surface area (Å²) in [6.45, 7) is 5.30. The summed E-state index contributed by atoms with van der Waals surface area (Å²) in [5, 5.41) is 0. The van der Waals surface area contributed by atoms with Gasteiger partial charge in [0, 0.05) is 18.6 Å². The number of hydrogen-bond acceptors (Lipinski definition) is 5. The van der Waals surface area contributed by atoms with Crippen LogP contribution in [0.5, 0.6) is 17.2 Å². The van der Waals surface area contributed by atoms with E-state index < -0.39 is 8.80 Å². The fourth-order valence-electron chi connectivity index (χ4n) is 3.92. The van der Waals surface area contributed by atoms with Crippen molar-refractivity contribution in [3.05, 3.63) is 91.0 Å². The lowest BCUT2D eigenvalue weighted by Crippen LogP contribution is -2.55. The van der Waals surface area contributed by atoms with Gasteiger partial charge in [-0.3, -0.25) is 0 Å². The monoisotopic (exact) mass is 478 g/mol. The molecule has 0 saturated carbocycles. The van der Waals surface area contributed by atoms with Gasteiger partial charge >= 0.3 is 8.80 Å². The van der Waals surface area contributed by atoms with Crippen molar-refractivity contribution in [2.75, 3.05) is 26.4 Å². The molecular weight excluding hydrogens is 444 g/mol. The Morgan fingerprint density at radius 2 is 1.18 bits per heavy atom. The molecule has 6 heteroatoms. The van der Waals surface area contributed by atoms with Crippen LogP contribution in [0.2, 0.25) is 6.04 Å². The molecule has 0 N–H and O–H groups in total. The van der Waals surface area contributed by atoms with Crippen LogP contribution in [0.3, 0.4) is 0 Å². The van der Waals surface area contributed by atoms with Gasteiger partial charge < -0.3 is 22.8 Å². The average molecular weight is 479 g/mol. The summed E-state index contributed by atoms with van der Waals surface area (Å²) in [6.07, 6.45) is 2.94. The molecule has 1 saturated heterocycles. The third kappa shape index (κ3) is 6.85. The summed E-state index contributed by atoms with van der Waals surface area (Å²) in [5.41, 5.74) is 0.307. The van der Waals surface area contributed by atoms with Gasteiger partial charge in [-0.1, -0.05) is 61.5 Å². The lowest BCUT2D eigenvalue weighted by atomic mass is 9.80. The van der Waals surface area contributed by atoms with E-state index in [1.807, 2.05) is 91.0 Å². The van der Waals surface area contributed by atoms with Gasteiger partial charge in [-0.2, -0.15) is 0 Å². The molecule has 0 atom stereocenters. The number of ether oxygens (including phenoxy) is 2. The van der Waals surface area contributed by atoms with Gasteiger partial charge in [0.15, 0.2) is 0 Å². The molecule has 0 spiro atoms. The van der Waals surface area contributed by atoms with E-state index in [0.717, 1.165) is 56.3 Å². The summed E-state index contributed by atoms with van der Waals surface area (Å²) in [6, 6.07) is 29.9. The van der Waals surface area contributed by atoms with Crippen LogP contribution in [0.1, 0.15) is 26.2 Å². The van der Waals surface area contributed by atoms with Crippen molar-refractivity contribution >= 4 is 8.80 Å². The van der Waals surface area contributed by atoms with Crippen LogP contribution < -0.4 is 13.3 Å². The summed E-state index contributed by atoms with van der Waals surface area (Å²) in [7, 11) is -3.22. The standard InChI is InChI=1S/C28H34O5Si/c1-2-28(23-30-24-28)19-21-29-20-12-22-34(31-25-13-6-3-7-14-25,32-26-15-8-4-9-16-26)33-27-17-10-5-11-18-27/h3-11,13-18H,2,12,19-24H2,1H3. The molecule has 0 radical (unpaired) electrons. The Labute approximate surface area is 204 Å². The van der Waals surface area contributed by atoms with Crippen LogP contribution in [-0.4, -0.2) is 35.2 Å². The fourth-order valence-corrected chi connectivity index (χ4v) is 6.41. The van der Waals surface area contributed by atoms with E-state index in [1.54, 1.807) is 0 Å². The maximum Gasteiger partial charge on any atom is 0.699 e. The van der Waals surface area contributed by atoms with Crippen molar-refractivity contribution in [1.29, 1.82) is 0 Å². The minimum atomic E-state index is -3.22. The second-order valence-corrected chi connectivity index (χ2v) is 11.2. The zero-order valence-electron chi connectivity index (χ0n) is 19.9. The van der Waals surface area contributed by atoms with Crippen LogP contribution >= 0.6 is 0 Å². The van der Waals surface area contributed by atoms with Crippen molar-refractivity contribution in [2.24, 2.45) is 5.41 Å². The Morgan fingerprint density at radius 1 is 0.706 bits per heavy atom. The molecule has 1 fully saturated rings. The van der Waals surface area contributed by atoms with Crippen molar-refractivity contribution in [2.45, 2.75) is 32.2 Å². The number of hydrogen-bond donors (Lipinski definition) is 0. The van der Waals surface area contributed by atoms with Crippen molar-refractivity contribution in [1.82, 2.24) is 0 Å². The Kier molecular flexibility index (Phi) is 8.63. The van der Waals surface area contributed by atoms with E-state index in [-0.39, 0.29) is 0 Å². The summed E-state index contributed by atoms with van der Waals surface area (Å²) < 4.78 is 31.0. The van der Waals surface area contributed by atoms with E-state index in [4.69, 9.17) is 22.8 Å². The lowest BCUT2D eigenvalue weighted by molar-refractivity contribution is -0.127. The molecule has 1 aliphatic heterocycles. The second-order valence-electron chi connectivity index (χ2n) is 8.74. The molecule has 0 aromatic heterocycles. The third-order valence-electron chi connectivity index (χ3n) is 6.16. The number of benzene rings is 3. The van der Waals surface area contributed by atoms with Crippen molar-refractivity contribution < 1.29 is 22.8 Å². The minimum absolute atomic E-state index is 0.307. The highest BCUT2D eigenvalue weighted by Gasteiger charge is 2.49. The Bertz CT molecular complexity index is 857. The molecule has 5 nitrogen and oxygen atoms in total. The topological polar surface area (TPSA) is 46.2 Å². The molecule has 0 aliphatic carbocycles. The quantitative estimate of drug-likeness (QED) is 0.199. The molecule has 0 unspecified atom stereocenters. The van der Waals surface area contributed by atoms with Gasteiger partial charge in [-0.05, 0) is 55.7 Å². The third-order valence-corrected chi connectivity index (χ3v) is 8.77. The number of para-hydroxylation sites is 3. The van der Waals surface area contributed by atoms with E-state index in [1.165, 1.54) is 0 Å². The van der Waals surface area contributed by atoms with Gasteiger partial charge in [-0.25, -0.2) is 0 Å². The zero-order valence-corrected chi connectivity index (χ0v) is 20.9. The molecule has 34 heavy (non-hydrogen) atoms. The maximum atomic E-state index is 6.54. The largest absolute Gasteiger partial charge is 0.699 e. The van der Waals surface area contributed by atoms with Crippen molar-refractivity contribution in [3.8, 4) is 17.2 Å². The van der Waals surface area contributed by atoms with Crippen LogP contribution in [0.15, 0.2) is 91.0 Å². The first-order chi connectivity index (χ1) is 16.7. The molecule has 4 rings (SSSR count). The highest BCUT2D eigenvalue weighted by molar-refractivity contribution is 6.63. The van der Waals surface area contributed by atoms with Crippen LogP contribution in [0.4, 0.5) is 0 Å². The molecule has 3 aromatic carbocycles. The summed E-state index contributed by atoms with van der Waals surface area (Å²) in [5.74, 6) is 2.20. The van der Waals surface area contributed by atoms with Crippen molar-refractivity contribution in [3.63, 3.8) is 0 Å². The van der Waals surface area contributed by atoms with E-state index in [0.29, 0.717) is 18.1 Å². The maximum absolute atomic E-state index is 6.54. The van der Waals surface area contributed by atoms with Gasteiger partial charge in [0.1, 0.15) is 17.2 Å². The van der Waals surface area contributed by atoms with Gasteiger partial charge in [-0.15, -0.1) is 0 Å². The Hall–Kier alpha value is -2.80. The Morgan fingerprint density at radius 3 is 1.56 bits per heavy atom. The first-order valence-electron chi connectivity index (χ1n) is 12.1. The molecule has 0 bridgehead atoms. The first-order valence-corrected chi connectivity index (χ1v) is 14.0. The van der Waals surface area contributed by atoms with Crippen LogP contribution in [0, 0.1) is 5.41 Å². The summed E-state index contributed by atoms with van der Waals surface area (Å²) in [4.78, 5) is 0. The van der Waals surface area contributed by atoms with E-state index in [2.05, 4.69) is 6.92 Å². The zero-order chi connectivity index (χ0) is 23.5. The predicted octanol–water partition coefficient (Wildman–Crippen LogP) is 6.39. The van der Waals surface area contributed by atoms with Crippen LogP contribution in [0.25, 0.3) is 0 Å². The second kappa shape index (κ2) is 12.1. The molecule has 3 aromatic rings. The Balaban J connectivity index is 1.46. The van der Waals surface area contributed by atoms with Gasteiger partial charge in [0.05, 0.1) is 19.3 Å². The number of rotatable bonds is 14. The van der Waals surface area contributed by atoms with Gasteiger partial charge in [0.25, 0.3) is 0 Å². The normalized spacial score (nSPS) is 14.7. The summed E-state index contributed by atoms with van der Waals surface area (Å²) >= 11 is 0. The molecule has 0 amide bonds. The molecule has 1 aliphatic rings. The SMILES string of the molecule is CCC1(CCOCCC[Si](Oc2ccccc2)(Oc2ccccc2)Oc2ccccc2)COC1. The molecule has 180 valence electrons.